The molecule has 2 aromatic rings. The van der Waals surface area contributed by atoms with Crippen LogP contribution in [0, 0.1) is 0 Å². The summed E-state index contributed by atoms with van der Waals surface area (Å²) in [6.45, 7) is 3.44. The highest BCUT2D eigenvalue weighted by atomic mass is 16.5. The highest BCUT2D eigenvalue weighted by Gasteiger charge is 2.28. The van der Waals surface area contributed by atoms with E-state index in [4.69, 9.17) is 4.74 Å². The van der Waals surface area contributed by atoms with Gasteiger partial charge in [0.1, 0.15) is 0 Å². The molecule has 0 spiro atoms. The van der Waals surface area contributed by atoms with Gasteiger partial charge in [-0.25, -0.2) is 4.68 Å². The number of anilines is 1. The van der Waals surface area contributed by atoms with Crippen LogP contribution in [0.1, 0.15) is 35.7 Å². The molecule has 0 unspecified atom stereocenters. The van der Waals surface area contributed by atoms with Gasteiger partial charge in [0, 0.05) is 50.7 Å². The third kappa shape index (κ3) is 3.44. The van der Waals surface area contributed by atoms with Crippen molar-refractivity contribution in [1.29, 1.82) is 0 Å². The van der Waals surface area contributed by atoms with Gasteiger partial charge in [0.15, 0.2) is 0 Å². The number of piperidine rings is 1. The summed E-state index contributed by atoms with van der Waals surface area (Å²) in [7, 11) is 1.78. The van der Waals surface area contributed by atoms with Gasteiger partial charge in [-0.05, 0) is 43.5 Å². The topological polar surface area (TPSA) is 63.5 Å². The number of benzene rings is 1. The fraction of sp³-hybridized carbons (Fsp3) is 0.526. The zero-order valence-electron chi connectivity index (χ0n) is 15.1. The first-order chi connectivity index (χ1) is 12.7. The molecule has 0 N–H and O–H groups in total. The van der Waals surface area contributed by atoms with Crippen LogP contribution in [0.2, 0.25) is 0 Å². The largest absolute Gasteiger partial charge is 0.381 e. The van der Waals surface area contributed by atoms with E-state index in [0.29, 0.717) is 12.6 Å². The number of carbonyl (C=O) groups is 1. The first-order valence-corrected chi connectivity index (χ1v) is 9.27. The first-order valence-electron chi connectivity index (χ1n) is 9.27. The molecule has 2 aliphatic heterocycles. The van der Waals surface area contributed by atoms with Crippen LogP contribution in [0.5, 0.6) is 0 Å². The second-order valence-electron chi connectivity index (χ2n) is 7.05. The normalized spacial score (nSPS) is 21.3. The van der Waals surface area contributed by atoms with Crippen LogP contribution in [0.4, 0.5) is 5.69 Å². The Hall–Kier alpha value is -2.41. The van der Waals surface area contributed by atoms with Crippen molar-refractivity contribution in [2.75, 3.05) is 38.2 Å². The maximum atomic E-state index is 12.8. The molecule has 2 saturated heterocycles. The van der Waals surface area contributed by atoms with Crippen LogP contribution in [0.25, 0.3) is 0 Å². The van der Waals surface area contributed by atoms with Crippen molar-refractivity contribution in [2.45, 2.75) is 31.4 Å². The third-order valence-corrected chi connectivity index (χ3v) is 5.52. The summed E-state index contributed by atoms with van der Waals surface area (Å²) in [5.74, 6) is 0.0947. The average Bonchev–Trinajstić information content (AvgIpc) is 3.39. The number of ether oxygens (including phenoxy) is 1. The van der Waals surface area contributed by atoms with Gasteiger partial charge in [-0.15, -0.1) is 5.10 Å². The Bertz CT molecular complexity index is 723. The zero-order chi connectivity index (χ0) is 17.9. The van der Waals surface area contributed by atoms with Crippen LogP contribution >= 0.6 is 0 Å². The lowest BCUT2D eigenvalue weighted by atomic mass is 10.1. The number of hydrogen-bond donors (Lipinski definition) is 0. The number of carbonyl (C=O) groups excluding carboxylic acids is 1. The summed E-state index contributed by atoms with van der Waals surface area (Å²) in [4.78, 5) is 17.1. The lowest BCUT2D eigenvalue weighted by molar-refractivity contribution is 0.0787. The minimum Gasteiger partial charge on any atom is -0.381 e. The van der Waals surface area contributed by atoms with E-state index in [9.17, 15) is 4.79 Å². The van der Waals surface area contributed by atoms with E-state index < -0.39 is 0 Å². The van der Waals surface area contributed by atoms with E-state index in [1.54, 1.807) is 13.3 Å². The molecule has 0 radical (unpaired) electrons. The summed E-state index contributed by atoms with van der Waals surface area (Å²) in [6.07, 6.45) is 6.93. The Morgan fingerprint density at radius 1 is 1.12 bits per heavy atom. The van der Waals surface area contributed by atoms with Gasteiger partial charge in [0.05, 0.1) is 18.3 Å². The lowest BCUT2D eigenvalue weighted by Gasteiger charge is -2.33. The number of methoxy groups -OCH3 is 1. The number of likely N-dealkylation sites (tertiary alicyclic amines) is 1. The Balaban J connectivity index is 1.37. The van der Waals surface area contributed by atoms with Crippen molar-refractivity contribution in [3.63, 3.8) is 0 Å². The quantitative estimate of drug-likeness (QED) is 0.839. The summed E-state index contributed by atoms with van der Waals surface area (Å²) < 4.78 is 7.28. The number of hydrogen-bond acceptors (Lipinski definition) is 5. The average molecular weight is 355 g/mol. The van der Waals surface area contributed by atoms with Crippen molar-refractivity contribution in [3.8, 4) is 0 Å². The van der Waals surface area contributed by atoms with Crippen molar-refractivity contribution in [3.05, 3.63) is 42.2 Å². The highest BCUT2D eigenvalue weighted by molar-refractivity contribution is 5.94. The Morgan fingerprint density at radius 3 is 2.54 bits per heavy atom. The zero-order valence-corrected chi connectivity index (χ0v) is 15.1. The smallest absolute Gasteiger partial charge is 0.253 e. The van der Waals surface area contributed by atoms with E-state index in [2.05, 4.69) is 27.3 Å². The van der Waals surface area contributed by atoms with Crippen molar-refractivity contribution < 1.29 is 9.53 Å². The Morgan fingerprint density at radius 2 is 1.88 bits per heavy atom. The van der Waals surface area contributed by atoms with E-state index in [1.165, 1.54) is 5.69 Å². The molecule has 3 heterocycles. The molecule has 0 bridgehead atoms. The summed E-state index contributed by atoms with van der Waals surface area (Å²) >= 11 is 0. The van der Waals surface area contributed by atoms with Crippen molar-refractivity contribution >= 4 is 11.6 Å². The molecule has 1 aromatic carbocycles. The molecule has 1 atom stereocenters. The van der Waals surface area contributed by atoms with Crippen molar-refractivity contribution in [2.24, 2.45) is 0 Å². The molecule has 2 fully saturated rings. The lowest BCUT2D eigenvalue weighted by Crippen LogP contribution is -2.36. The monoisotopic (exact) mass is 355 g/mol. The minimum atomic E-state index is 0.0947. The van der Waals surface area contributed by atoms with Gasteiger partial charge < -0.3 is 14.5 Å². The first kappa shape index (κ1) is 17.0. The molecule has 4 rings (SSSR count). The third-order valence-electron chi connectivity index (χ3n) is 5.52. The second-order valence-corrected chi connectivity index (χ2v) is 7.05. The SMILES string of the molecule is COC1CCN(c2ccc(C(=O)N3CC[C@@H](n4ccnn4)C3)cc2)CC1. The number of aromatic nitrogens is 3. The van der Waals surface area contributed by atoms with Crippen LogP contribution < -0.4 is 4.90 Å². The minimum absolute atomic E-state index is 0.0947. The molecule has 138 valence electrons. The maximum absolute atomic E-state index is 12.8. The standard InChI is InChI=1S/C19H25N5O2/c1-26-18-7-11-22(12-8-18)16-4-2-15(3-5-16)19(25)23-10-6-17(14-23)24-13-9-20-21-24/h2-5,9,13,17-18H,6-8,10-12,14H2,1H3/t17-/m1/s1. The summed E-state index contributed by atoms with van der Waals surface area (Å²) in [6, 6.07) is 8.24. The maximum Gasteiger partial charge on any atom is 0.253 e. The summed E-state index contributed by atoms with van der Waals surface area (Å²) in [5.41, 5.74) is 1.93. The molecule has 26 heavy (non-hydrogen) atoms. The van der Waals surface area contributed by atoms with E-state index in [1.807, 2.05) is 27.9 Å². The van der Waals surface area contributed by atoms with E-state index >= 15 is 0 Å². The Labute approximate surface area is 153 Å². The number of nitrogens with zero attached hydrogens (tertiary/aromatic N) is 5. The molecule has 1 aromatic heterocycles. The van der Waals surface area contributed by atoms with Gasteiger partial charge in [0.25, 0.3) is 5.91 Å². The molecule has 0 aliphatic carbocycles. The molecule has 7 heteroatoms. The molecule has 7 nitrogen and oxygen atoms in total. The predicted molar refractivity (Wildman–Crippen MR) is 98.3 cm³/mol. The Kier molecular flexibility index (Phi) is 4.88. The van der Waals surface area contributed by atoms with Gasteiger partial charge >= 0.3 is 0 Å². The van der Waals surface area contributed by atoms with Gasteiger partial charge in [0.2, 0.25) is 0 Å². The fourth-order valence-corrected chi connectivity index (χ4v) is 3.90. The highest BCUT2D eigenvalue weighted by Crippen LogP contribution is 2.24. The van der Waals surface area contributed by atoms with E-state index in [0.717, 1.165) is 44.5 Å². The summed E-state index contributed by atoms with van der Waals surface area (Å²) in [5, 5.41) is 7.91. The predicted octanol–water partition coefficient (Wildman–Crippen LogP) is 1.98. The molecule has 2 aliphatic rings. The molecular formula is C19H25N5O2. The van der Waals surface area contributed by atoms with Crippen LogP contribution in [0.3, 0.4) is 0 Å². The van der Waals surface area contributed by atoms with Gasteiger partial charge in [-0.3, -0.25) is 4.79 Å². The van der Waals surface area contributed by atoms with E-state index in [-0.39, 0.29) is 11.9 Å². The van der Waals surface area contributed by atoms with Crippen LogP contribution in [0.15, 0.2) is 36.7 Å². The van der Waals surface area contributed by atoms with Crippen molar-refractivity contribution in [1.82, 2.24) is 19.9 Å². The second kappa shape index (κ2) is 7.45. The molecule has 1 amide bonds. The number of amides is 1. The molecule has 0 saturated carbocycles. The van der Waals surface area contributed by atoms with Gasteiger partial charge in [-0.2, -0.15) is 0 Å². The van der Waals surface area contributed by atoms with Gasteiger partial charge in [-0.1, -0.05) is 5.21 Å². The molecular weight excluding hydrogens is 330 g/mol. The fourth-order valence-electron chi connectivity index (χ4n) is 3.90. The van der Waals surface area contributed by atoms with Crippen LogP contribution in [-0.4, -0.2) is 65.2 Å². The van der Waals surface area contributed by atoms with Crippen LogP contribution in [-0.2, 0) is 4.74 Å². The number of rotatable bonds is 4.